The maximum atomic E-state index is 5.79. The molecule has 0 spiro atoms. The minimum Gasteiger partial charge on any atom is -0.375 e. The molecule has 1 aromatic heterocycles. The second-order valence-corrected chi connectivity index (χ2v) is 6.25. The second-order valence-electron chi connectivity index (χ2n) is 5.19. The van der Waals surface area contributed by atoms with Gasteiger partial charge in [-0.1, -0.05) is 37.3 Å². The molecule has 0 saturated carbocycles. The summed E-state index contributed by atoms with van der Waals surface area (Å²) in [7, 11) is 1.78. The van der Waals surface area contributed by atoms with E-state index in [1.807, 2.05) is 13.0 Å². The standard InChI is InChI=1S/C17H24N2OS/c1-4-10-18-16(11-15-12-21-13(2)19-15)17(20-3)14-8-6-5-7-9-14/h5-9,12,16-18H,4,10-11H2,1-3H3. The third-order valence-electron chi connectivity index (χ3n) is 3.50. The normalized spacial score (nSPS) is 14.0. The van der Waals surface area contributed by atoms with E-state index in [0.717, 1.165) is 30.1 Å². The number of nitrogens with zero attached hydrogens (tertiary/aromatic N) is 1. The molecule has 21 heavy (non-hydrogen) atoms. The van der Waals surface area contributed by atoms with E-state index in [4.69, 9.17) is 4.74 Å². The lowest BCUT2D eigenvalue weighted by Gasteiger charge is -2.27. The first-order valence-electron chi connectivity index (χ1n) is 7.46. The summed E-state index contributed by atoms with van der Waals surface area (Å²) in [4.78, 5) is 4.59. The predicted molar refractivity (Wildman–Crippen MR) is 88.8 cm³/mol. The fourth-order valence-electron chi connectivity index (χ4n) is 2.52. The van der Waals surface area contributed by atoms with Crippen LogP contribution in [0.5, 0.6) is 0 Å². The number of benzene rings is 1. The van der Waals surface area contributed by atoms with Gasteiger partial charge in [0.2, 0.25) is 0 Å². The van der Waals surface area contributed by atoms with Crippen LogP contribution in [-0.2, 0) is 11.2 Å². The Bertz CT molecular complexity index is 527. The van der Waals surface area contributed by atoms with Crippen LogP contribution in [-0.4, -0.2) is 24.7 Å². The van der Waals surface area contributed by atoms with Gasteiger partial charge in [0, 0.05) is 25.0 Å². The van der Waals surface area contributed by atoms with Crippen LogP contribution in [0.3, 0.4) is 0 Å². The highest BCUT2D eigenvalue weighted by Crippen LogP contribution is 2.23. The van der Waals surface area contributed by atoms with Crippen LogP contribution < -0.4 is 5.32 Å². The summed E-state index contributed by atoms with van der Waals surface area (Å²) in [6, 6.07) is 10.6. The Balaban J connectivity index is 2.16. The number of thiazole rings is 1. The SMILES string of the molecule is CCCNC(Cc1csc(C)n1)C(OC)c1ccccc1. The summed E-state index contributed by atoms with van der Waals surface area (Å²) >= 11 is 1.71. The third kappa shape index (κ3) is 4.63. The molecule has 0 aliphatic carbocycles. The largest absolute Gasteiger partial charge is 0.375 e. The van der Waals surface area contributed by atoms with Crippen molar-refractivity contribution in [3.8, 4) is 0 Å². The number of hydrogen-bond acceptors (Lipinski definition) is 4. The van der Waals surface area contributed by atoms with Gasteiger partial charge in [-0.15, -0.1) is 11.3 Å². The quantitative estimate of drug-likeness (QED) is 0.806. The van der Waals surface area contributed by atoms with Gasteiger partial charge in [0.15, 0.2) is 0 Å². The molecular weight excluding hydrogens is 280 g/mol. The first-order valence-corrected chi connectivity index (χ1v) is 8.34. The molecule has 0 fully saturated rings. The number of aryl methyl sites for hydroxylation is 1. The van der Waals surface area contributed by atoms with E-state index in [2.05, 4.69) is 46.9 Å². The summed E-state index contributed by atoms with van der Waals surface area (Å²) in [5.74, 6) is 0. The average molecular weight is 304 g/mol. The minimum absolute atomic E-state index is 0.0414. The molecule has 3 nitrogen and oxygen atoms in total. The van der Waals surface area contributed by atoms with Crippen molar-refractivity contribution < 1.29 is 4.74 Å². The van der Waals surface area contributed by atoms with Gasteiger partial charge in [-0.25, -0.2) is 4.98 Å². The number of ether oxygens (including phenoxy) is 1. The van der Waals surface area contributed by atoms with Gasteiger partial charge in [0.05, 0.1) is 16.8 Å². The van der Waals surface area contributed by atoms with Gasteiger partial charge in [-0.2, -0.15) is 0 Å². The van der Waals surface area contributed by atoms with Crippen molar-refractivity contribution in [1.82, 2.24) is 10.3 Å². The number of nitrogens with one attached hydrogen (secondary N) is 1. The fourth-order valence-corrected chi connectivity index (χ4v) is 3.14. The molecule has 0 saturated heterocycles. The zero-order chi connectivity index (χ0) is 15.1. The van der Waals surface area contributed by atoms with Crippen LogP contribution in [0.15, 0.2) is 35.7 Å². The molecule has 114 valence electrons. The summed E-state index contributed by atoms with van der Waals surface area (Å²) in [5, 5.41) is 6.88. The van der Waals surface area contributed by atoms with E-state index >= 15 is 0 Å². The number of methoxy groups -OCH3 is 1. The van der Waals surface area contributed by atoms with Gasteiger partial charge in [-0.05, 0) is 25.5 Å². The Labute approximate surface area is 131 Å². The Morgan fingerprint density at radius 3 is 2.62 bits per heavy atom. The van der Waals surface area contributed by atoms with Gasteiger partial charge < -0.3 is 10.1 Å². The molecule has 0 amide bonds. The molecule has 1 heterocycles. The summed E-state index contributed by atoms with van der Waals surface area (Å²) < 4.78 is 5.79. The van der Waals surface area contributed by atoms with Crippen LogP contribution >= 0.6 is 11.3 Å². The van der Waals surface area contributed by atoms with E-state index in [1.165, 1.54) is 5.56 Å². The minimum atomic E-state index is 0.0414. The van der Waals surface area contributed by atoms with E-state index in [1.54, 1.807) is 18.4 Å². The molecular formula is C17H24N2OS. The molecule has 0 aliphatic rings. The van der Waals surface area contributed by atoms with Crippen LogP contribution in [0.1, 0.15) is 35.7 Å². The Hall–Kier alpha value is -1.23. The van der Waals surface area contributed by atoms with E-state index in [9.17, 15) is 0 Å². The third-order valence-corrected chi connectivity index (χ3v) is 4.32. The van der Waals surface area contributed by atoms with E-state index in [0.29, 0.717) is 0 Å². The van der Waals surface area contributed by atoms with Crippen molar-refractivity contribution >= 4 is 11.3 Å². The first kappa shape index (κ1) is 16.1. The van der Waals surface area contributed by atoms with Crippen molar-refractivity contribution in [1.29, 1.82) is 0 Å². The van der Waals surface area contributed by atoms with Gasteiger partial charge in [-0.3, -0.25) is 0 Å². The number of rotatable bonds is 8. The number of aromatic nitrogens is 1. The Morgan fingerprint density at radius 1 is 1.29 bits per heavy atom. The Morgan fingerprint density at radius 2 is 2.05 bits per heavy atom. The van der Waals surface area contributed by atoms with Crippen molar-refractivity contribution in [2.24, 2.45) is 0 Å². The van der Waals surface area contributed by atoms with E-state index < -0.39 is 0 Å². The molecule has 2 atom stereocenters. The maximum Gasteiger partial charge on any atom is 0.0977 e. The summed E-state index contributed by atoms with van der Waals surface area (Å²) in [6.45, 7) is 5.22. The van der Waals surface area contributed by atoms with Crippen molar-refractivity contribution in [2.75, 3.05) is 13.7 Å². The molecule has 0 bridgehead atoms. The maximum absolute atomic E-state index is 5.79. The van der Waals surface area contributed by atoms with Crippen LogP contribution in [0.4, 0.5) is 0 Å². The smallest absolute Gasteiger partial charge is 0.0977 e. The van der Waals surface area contributed by atoms with Gasteiger partial charge in [0.25, 0.3) is 0 Å². The highest BCUT2D eigenvalue weighted by Gasteiger charge is 2.23. The van der Waals surface area contributed by atoms with Crippen molar-refractivity contribution in [2.45, 2.75) is 38.8 Å². The first-order chi connectivity index (χ1) is 10.2. The molecule has 4 heteroatoms. The molecule has 2 unspecified atom stereocenters. The lowest BCUT2D eigenvalue weighted by Crippen LogP contribution is -2.38. The summed E-state index contributed by atoms with van der Waals surface area (Å²) in [5.41, 5.74) is 2.35. The van der Waals surface area contributed by atoms with Crippen LogP contribution in [0.25, 0.3) is 0 Å². The predicted octanol–water partition coefficient (Wildman–Crippen LogP) is 3.75. The molecule has 0 radical (unpaired) electrons. The lowest BCUT2D eigenvalue weighted by atomic mass is 9.98. The molecule has 0 aliphatic heterocycles. The summed E-state index contributed by atoms with van der Waals surface area (Å²) in [6.07, 6.45) is 2.04. The second kappa shape index (κ2) is 8.27. The molecule has 2 aromatic rings. The van der Waals surface area contributed by atoms with Crippen LogP contribution in [0, 0.1) is 6.92 Å². The van der Waals surface area contributed by atoms with E-state index in [-0.39, 0.29) is 12.1 Å². The van der Waals surface area contributed by atoms with Crippen molar-refractivity contribution in [3.63, 3.8) is 0 Å². The molecule has 1 N–H and O–H groups in total. The zero-order valence-corrected chi connectivity index (χ0v) is 13.8. The van der Waals surface area contributed by atoms with Crippen molar-refractivity contribution in [3.05, 3.63) is 52.0 Å². The van der Waals surface area contributed by atoms with Crippen LogP contribution in [0.2, 0.25) is 0 Å². The van der Waals surface area contributed by atoms with Gasteiger partial charge in [0.1, 0.15) is 0 Å². The topological polar surface area (TPSA) is 34.2 Å². The zero-order valence-electron chi connectivity index (χ0n) is 13.0. The molecule has 2 rings (SSSR count). The highest BCUT2D eigenvalue weighted by molar-refractivity contribution is 7.09. The number of hydrogen-bond donors (Lipinski definition) is 1. The molecule has 1 aromatic carbocycles. The lowest BCUT2D eigenvalue weighted by molar-refractivity contribution is 0.0676. The fraction of sp³-hybridized carbons (Fsp3) is 0.471. The Kier molecular flexibility index (Phi) is 6.36. The van der Waals surface area contributed by atoms with Gasteiger partial charge >= 0.3 is 0 Å². The monoisotopic (exact) mass is 304 g/mol. The highest BCUT2D eigenvalue weighted by atomic mass is 32.1. The average Bonchev–Trinajstić information content (AvgIpc) is 2.91.